The Bertz CT molecular complexity index is 590. The number of ether oxygens (including phenoxy) is 2. The highest BCUT2D eigenvalue weighted by Gasteiger charge is 2.07. The van der Waals surface area contributed by atoms with Crippen LogP contribution < -0.4 is 15.2 Å². The second-order valence-electron chi connectivity index (χ2n) is 3.93. The van der Waals surface area contributed by atoms with Gasteiger partial charge in [-0.25, -0.2) is 4.39 Å². The van der Waals surface area contributed by atoms with Crippen LogP contribution in [0.25, 0.3) is 0 Å². The van der Waals surface area contributed by atoms with Crippen molar-refractivity contribution in [3.63, 3.8) is 0 Å². The van der Waals surface area contributed by atoms with E-state index in [0.717, 1.165) is 0 Å². The van der Waals surface area contributed by atoms with E-state index in [0.29, 0.717) is 27.8 Å². The summed E-state index contributed by atoms with van der Waals surface area (Å²) in [5.41, 5.74) is 6.94. The zero-order valence-corrected chi connectivity index (χ0v) is 11.1. The molecule has 19 heavy (non-hydrogen) atoms. The summed E-state index contributed by atoms with van der Waals surface area (Å²) in [6.45, 7) is 0.222. The summed E-state index contributed by atoms with van der Waals surface area (Å²) >= 11 is 5.92. The van der Waals surface area contributed by atoms with Crippen molar-refractivity contribution in [2.75, 3.05) is 12.8 Å². The SMILES string of the molecule is COc1cc(N)ccc1OCc1ccc(F)cc1Cl. The lowest BCUT2D eigenvalue weighted by Crippen LogP contribution is -1.99. The molecule has 0 saturated heterocycles. The molecule has 0 atom stereocenters. The number of benzene rings is 2. The van der Waals surface area contributed by atoms with Gasteiger partial charge < -0.3 is 15.2 Å². The molecule has 0 bridgehead atoms. The van der Waals surface area contributed by atoms with Gasteiger partial charge in [0, 0.05) is 17.3 Å². The van der Waals surface area contributed by atoms with Gasteiger partial charge in [-0.3, -0.25) is 0 Å². The second kappa shape index (κ2) is 5.80. The first-order chi connectivity index (χ1) is 9.10. The first kappa shape index (κ1) is 13.5. The minimum Gasteiger partial charge on any atom is -0.493 e. The first-order valence-electron chi connectivity index (χ1n) is 5.60. The van der Waals surface area contributed by atoms with Gasteiger partial charge in [0.25, 0.3) is 0 Å². The van der Waals surface area contributed by atoms with E-state index >= 15 is 0 Å². The number of nitrogen functional groups attached to an aromatic ring is 1. The van der Waals surface area contributed by atoms with E-state index in [4.69, 9.17) is 26.8 Å². The van der Waals surface area contributed by atoms with Crippen LogP contribution in [0.3, 0.4) is 0 Å². The monoisotopic (exact) mass is 281 g/mol. The Morgan fingerprint density at radius 3 is 2.63 bits per heavy atom. The second-order valence-corrected chi connectivity index (χ2v) is 4.34. The maximum absolute atomic E-state index is 12.9. The predicted octanol–water partition coefficient (Wildman–Crippen LogP) is 3.65. The van der Waals surface area contributed by atoms with E-state index in [2.05, 4.69) is 0 Å². The number of rotatable bonds is 4. The number of methoxy groups -OCH3 is 1. The maximum Gasteiger partial charge on any atom is 0.162 e. The Morgan fingerprint density at radius 1 is 1.16 bits per heavy atom. The van der Waals surface area contributed by atoms with Crippen LogP contribution in [-0.4, -0.2) is 7.11 Å². The van der Waals surface area contributed by atoms with Gasteiger partial charge in [0.05, 0.1) is 12.1 Å². The summed E-state index contributed by atoms with van der Waals surface area (Å²) in [4.78, 5) is 0. The molecule has 2 N–H and O–H groups in total. The topological polar surface area (TPSA) is 44.5 Å². The van der Waals surface area contributed by atoms with Crippen molar-refractivity contribution >= 4 is 17.3 Å². The van der Waals surface area contributed by atoms with Crippen LogP contribution in [0, 0.1) is 5.82 Å². The third kappa shape index (κ3) is 3.29. The van der Waals surface area contributed by atoms with Crippen molar-refractivity contribution in [3.05, 3.63) is 52.8 Å². The Hall–Kier alpha value is -1.94. The molecule has 0 aliphatic heterocycles. The minimum absolute atomic E-state index is 0.222. The van der Waals surface area contributed by atoms with E-state index in [-0.39, 0.29) is 12.4 Å². The smallest absolute Gasteiger partial charge is 0.162 e. The normalized spacial score (nSPS) is 10.3. The van der Waals surface area contributed by atoms with Gasteiger partial charge in [0.2, 0.25) is 0 Å². The Kier molecular flexibility index (Phi) is 4.12. The number of halogens is 2. The molecule has 0 fully saturated rings. The zero-order chi connectivity index (χ0) is 13.8. The number of anilines is 1. The summed E-state index contributed by atoms with van der Waals surface area (Å²) in [6.07, 6.45) is 0. The van der Waals surface area contributed by atoms with E-state index in [1.54, 1.807) is 24.3 Å². The van der Waals surface area contributed by atoms with Gasteiger partial charge in [-0.1, -0.05) is 17.7 Å². The van der Waals surface area contributed by atoms with Crippen molar-refractivity contribution in [2.24, 2.45) is 0 Å². The lowest BCUT2D eigenvalue weighted by atomic mass is 10.2. The molecule has 2 aromatic rings. The third-order valence-corrected chi connectivity index (χ3v) is 2.94. The molecule has 0 aliphatic rings. The quantitative estimate of drug-likeness (QED) is 0.870. The van der Waals surface area contributed by atoms with Crippen molar-refractivity contribution in [1.82, 2.24) is 0 Å². The fourth-order valence-electron chi connectivity index (χ4n) is 1.60. The van der Waals surface area contributed by atoms with Crippen LogP contribution in [-0.2, 0) is 6.61 Å². The summed E-state index contributed by atoms with van der Waals surface area (Å²) in [5.74, 6) is 0.717. The van der Waals surface area contributed by atoms with Gasteiger partial charge in [-0.05, 0) is 24.3 Å². The maximum atomic E-state index is 12.9. The van der Waals surface area contributed by atoms with Crippen LogP contribution in [0.5, 0.6) is 11.5 Å². The first-order valence-corrected chi connectivity index (χ1v) is 5.98. The molecule has 0 aromatic heterocycles. The van der Waals surface area contributed by atoms with Crippen LogP contribution in [0.2, 0.25) is 5.02 Å². The number of hydrogen-bond acceptors (Lipinski definition) is 3. The fourth-order valence-corrected chi connectivity index (χ4v) is 1.82. The van der Waals surface area contributed by atoms with Gasteiger partial charge in [0.15, 0.2) is 11.5 Å². The molecule has 2 rings (SSSR count). The molecule has 0 radical (unpaired) electrons. The van der Waals surface area contributed by atoms with Gasteiger partial charge in [-0.15, -0.1) is 0 Å². The highest BCUT2D eigenvalue weighted by molar-refractivity contribution is 6.31. The highest BCUT2D eigenvalue weighted by atomic mass is 35.5. The third-order valence-electron chi connectivity index (χ3n) is 2.59. The summed E-state index contributed by atoms with van der Waals surface area (Å²) in [7, 11) is 1.53. The largest absolute Gasteiger partial charge is 0.493 e. The minimum atomic E-state index is -0.376. The molecule has 0 amide bonds. The number of hydrogen-bond donors (Lipinski definition) is 1. The molecular weight excluding hydrogens is 269 g/mol. The fraction of sp³-hybridized carbons (Fsp3) is 0.143. The zero-order valence-electron chi connectivity index (χ0n) is 10.3. The average molecular weight is 282 g/mol. The van der Waals surface area contributed by atoms with Crippen LogP contribution in [0.15, 0.2) is 36.4 Å². The summed E-state index contributed by atoms with van der Waals surface area (Å²) in [6, 6.07) is 9.27. The van der Waals surface area contributed by atoms with E-state index in [1.807, 2.05) is 0 Å². The molecule has 5 heteroatoms. The predicted molar refractivity (Wildman–Crippen MR) is 73.1 cm³/mol. The van der Waals surface area contributed by atoms with Gasteiger partial charge in [-0.2, -0.15) is 0 Å². The van der Waals surface area contributed by atoms with Gasteiger partial charge >= 0.3 is 0 Å². The van der Waals surface area contributed by atoms with Gasteiger partial charge in [0.1, 0.15) is 12.4 Å². The van der Waals surface area contributed by atoms with Crippen molar-refractivity contribution < 1.29 is 13.9 Å². The van der Waals surface area contributed by atoms with Crippen molar-refractivity contribution in [1.29, 1.82) is 0 Å². The molecule has 0 spiro atoms. The van der Waals surface area contributed by atoms with E-state index in [9.17, 15) is 4.39 Å². The average Bonchev–Trinajstić information content (AvgIpc) is 2.39. The molecule has 0 unspecified atom stereocenters. The molecular formula is C14H13ClFNO2. The molecule has 100 valence electrons. The lowest BCUT2D eigenvalue weighted by Gasteiger charge is -2.12. The Balaban J connectivity index is 2.14. The molecule has 0 aliphatic carbocycles. The van der Waals surface area contributed by atoms with Crippen molar-refractivity contribution in [2.45, 2.75) is 6.61 Å². The van der Waals surface area contributed by atoms with E-state index < -0.39 is 0 Å². The highest BCUT2D eigenvalue weighted by Crippen LogP contribution is 2.30. The number of nitrogens with two attached hydrogens (primary N) is 1. The summed E-state index contributed by atoms with van der Waals surface area (Å²) < 4.78 is 23.7. The lowest BCUT2D eigenvalue weighted by molar-refractivity contribution is 0.284. The van der Waals surface area contributed by atoms with Crippen LogP contribution in [0.1, 0.15) is 5.56 Å². The van der Waals surface area contributed by atoms with E-state index in [1.165, 1.54) is 19.2 Å². The molecule has 2 aromatic carbocycles. The van der Waals surface area contributed by atoms with Crippen LogP contribution >= 0.6 is 11.6 Å². The standard InChI is InChI=1S/C14H13ClFNO2/c1-18-14-7-11(17)4-5-13(14)19-8-9-2-3-10(16)6-12(9)15/h2-7H,8,17H2,1H3. The van der Waals surface area contributed by atoms with Crippen molar-refractivity contribution in [3.8, 4) is 11.5 Å². The Morgan fingerprint density at radius 2 is 1.95 bits per heavy atom. The molecule has 0 heterocycles. The van der Waals surface area contributed by atoms with Crippen LogP contribution in [0.4, 0.5) is 10.1 Å². The molecule has 3 nitrogen and oxygen atoms in total. The Labute approximate surface area is 115 Å². The summed E-state index contributed by atoms with van der Waals surface area (Å²) in [5, 5.41) is 0.328. The molecule has 0 saturated carbocycles.